The first-order valence-electron chi connectivity index (χ1n) is 4.56. The summed E-state index contributed by atoms with van der Waals surface area (Å²) in [6.07, 6.45) is -2.21. The Bertz CT molecular complexity index is 453. The van der Waals surface area contributed by atoms with Crippen molar-refractivity contribution in [3.63, 3.8) is 0 Å². The van der Waals surface area contributed by atoms with Gasteiger partial charge < -0.3 is 4.74 Å². The number of allylic oxidation sites excluding steroid dienone is 2. The van der Waals surface area contributed by atoms with Crippen molar-refractivity contribution in [3.05, 3.63) is 40.4 Å². The smallest absolute Gasteiger partial charge is 0.405 e. The van der Waals surface area contributed by atoms with Gasteiger partial charge in [0, 0.05) is 4.47 Å². The molecule has 0 unspecified atom stereocenters. The van der Waals surface area contributed by atoms with Crippen molar-refractivity contribution in [1.29, 1.82) is 0 Å². The molecule has 0 aromatic heterocycles. The summed E-state index contributed by atoms with van der Waals surface area (Å²) in [5.41, 5.74) is -0.136. The standard InChI is InChI=1S/C11H8BrF3O2/c1-2-3-9(16)8-5-4-7(12)6-10(8)17-11(13,14)15/h2-6H,1H3/b3-2+. The number of benzene rings is 1. The summed E-state index contributed by atoms with van der Waals surface area (Å²) >= 11 is 3.02. The third-order valence-electron chi connectivity index (χ3n) is 1.75. The number of ketones is 1. The van der Waals surface area contributed by atoms with Gasteiger partial charge in [0.15, 0.2) is 5.78 Å². The van der Waals surface area contributed by atoms with E-state index in [-0.39, 0.29) is 5.56 Å². The van der Waals surface area contributed by atoms with Crippen LogP contribution in [0.15, 0.2) is 34.8 Å². The summed E-state index contributed by atoms with van der Waals surface area (Å²) in [5.74, 6) is -1.06. The summed E-state index contributed by atoms with van der Waals surface area (Å²) in [7, 11) is 0. The SMILES string of the molecule is C/C=C/C(=O)c1ccc(Br)cc1OC(F)(F)F. The molecule has 0 saturated carbocycles. The van der Waals surface area contributed by atoms with Crippen LogP contribution in [0.25, 0.3) is 0 Å². The van der Waals surface area contributed by atoms with E-state index in [1.54, 1.807) is 6.92 Å². The van der Waals surface area contributed by atoms with Crippen LogP contribution in [0.5, 0.6) is 5.75 Å². The Morgan fingerprint density at radius 1 is 1.41 bits per heavy atom. The molecule has 0 spiro atoms. The highest BCUT2D eigenvalue weighted by molar-refractivity contribution is 9.10. The number of carbonyl (C=O) groups is 1. The molecule has 6 heteroatoms. The summed E-state index contributed by atoms with van der Waals surface area (Å²) in [6.45, 7) is 1.60. The molecule has 1 aromatic carbocycles. The lowest BCUT2D eigenvalue weighted by Crippen LogP contribution is -2.18. The van der Waals surface area contributed by atoms with Crippen LogP contribution in [0.3, 0.4) is 0 Å². The van der Waals surface area contributed by atoms with Gasteiger partial charge in [-0.15, -0.1) is 13.2 Å². The molecule has 92 valence electrons. The van der Waals surface area contributed by atoms with Gasteiger partial charge in [0.25, 0.3) is 0 Å². The van der Waals surface area contributed by atoms with Crippen LogP contribution in [0.4, 0.5) is 13.2 Å². The minimum Gasteiger partial charge on any atom is -0.405 e. The van der Waals surface area contributed by atoms with Gasteiger partial charge in [-0.05, 0) is 31.2 Å². The normalized spacial score (nSPS) is 11.8. The van der Waals surface area contributed by atoms with E-state index in [0.29, 0.717) is 4.47 Å². The molecule has 0 radical (unpaired) electrons. The van der Waals surface area contributed by atoms with Crippen LogP contribution in [0.1, 0.15) is 17.3 Å². The molecular weight excluding hydrogens is 301 g/mol. The lowest BCUT2D eigenvalue weighted by Gasteiger charge is -2.12. The van der Waals surface area contributed by atoms with Crippen LogP contribution in [-0.4, -0.2) is 12.1 Å². The Kier molecular flexibility index (Phi) is 4.34. The Morgan fingerprint density at radius 3 is 2.59 bits per heavy atom. The zero-order valence-corrected chi connectivity index (χ0v) is 10.3. The van der Waals surface area contributed by atoms with E-state index in [1.165, 1.54) is 24.3 Å². The molecule has 0 aliphatic rings. The van der Waals surface area contributed by atoms with Gasteiger partial charge in [0.2, 0.25) is 0 Å². The first kappa shape index (κ1) is 13.8. The fourth-order valence-electron chi connectivity index (χ4n) is 1.15. The Labute approximate surface area is 104 Å². The van der Waals surface area contributed by atoms with Gasteiger partial charge in [-0.1, -0.05) is 22.0 Å². The summed E-state index contributed by atoms with van der Waals surface area (Å²) < 4.78 is 40.6. The number of carbonyl (C=O) groups excluding carboxylic acids is 1. The molecule has 0 atom stereocenters. The molecule has 0 saturated heterocycles. The highest BCUT2D eigenvalue weighted by atomic mass is 79.9. The Balaban J connectivity index is 3.17. The first-order valence-corrected chi connectivity index (χ1v) is 5.35. The molecule has 0 heterocycles. The van der Waals surface area contributed by atoms with Gasteiger partial charge in [0.05, 0.1) is 5.56 Å². The van der Waals surface area contributed by atoms with E-state index in [2.05, 4.69) is 20.7 Å². The van der Waals surface area contributed by atoms with Crippen molar-refractivity contribution < 1.29 is 22.7 Å². The maximum absolute atomic E-state index is 12.1. The second kappa shape index (κ2) is 5.35. The van der Waals surface area contributed by atoms with Gasteiger partial charge in [-0.3, -0.25) is 4.79 Å². The van der Waals surface area contributed by atoms with Crippen molar-refractivity contribution in [3.8, 4) is 5.75 Å². The summed E-state index contributed by atoms with van der Waals surface area (Å²) in [4.78, 5) is 11.5. The average Bonchev–Trinajstić information content (AvgIpc) is 2.15. The quantitative estimate of drug-likeness (QED) is 0.620. The van der Waals surface area contributed by atoms with Crippen LogP contribution in [0.2, 0.25) is 0 Å². The van der Waals surface area contributed by atoms with Gasteiger partial charge in [-0.2, -0.15) is 0 Å². The zero-order chi connectivity index (χ0) is 13.1. The first-order chi connectivity index (χ1) is 7.83. The van der Waals surface area contributed by atoms with Crippen LogP contribution in [0, 0.1) is 0 Å². The molecule has 0 amide bonds. The van der Waals surface area contributed by atoms with E-state index >= 15 is 0 Å². The van der Waals surface area contributed by atoms with Crippen molar-refractivity contribution >= 4 is 21.7 Å². The number of halogens is 4. The maximum Gasteiger partial charge on any atom is 0.573 e. The van der Waals surface area contributed by atoms with Gasteiger partial charge in [0.1, 0.15) is 5.75 Å². The van der Waals surface area contributed by atoms with Crippen molar-refractivity contribution in [2.45, 2.75) is 13.3 Å². The molecule has 0 aliphatic carbocycles. The van der Waals surface area contributed by atoms with Crippen LogP contribution in [-0.2, 0) is 0 Å². The Hall–Kier alpha value is -1.30. The van der Waals surface area contributed by atoms with Crippen LogP contribution >= 0.6 is 15.9 Å². The number of hydrogen-bond donors (Lipinski definition) is 0. The number of hydrogen-bond acceptors (Lipinski definition) is 2. The van der Waals surface area contributed by atoms with Gasteiger partial charge >= 0.3 is 6.36 Å². The van der Waals surface area contributed by atoms with E-state index in [4.69, 9.17) is 0 Å². The number of alkyl halides is 3. The average molecular weight is 309 g/mol. The minimum atomic E-state index is -4.83. The third kappa shape index (κ3) is 4.22. The highest BCUT2D eigenvalue weighted by Gasteiger charge is 2.32. The summed E-state index contributed by atoms with van der Waals surface area (Å²) in [6, 6.07) is 3.84. The van der Waals surface area contributed by atoms with Crippen molar-refractivity contribution in [1.82, 2.24) is 0 Å². The molecule has 1 rings (SSSR count). The second-order valence-corrected chi connectivity index (χ2v) is 3.97. The largest absolute Gasteiger partial charge is 0.573 e. The topological polar surface area (TPSA) is 26.3 Å². The third-order valence-corrected chi connectivity index (χ3v) is 2.25. The predicted octanol–water partition coefficient (Wildman–Crippen LogP) is 4.11. The number of ether oxygens (including phenoxy) is 1. The molecule has 1 aromatic rings. The minimum absolute atomic E-state index is 0.136. The summed E-state index contributed by atoms with van der Waals surface area (Å²) in [5, 5.41) is 0. The molecular formula is C11H8BrF3O2. The van der Waals surface area contributed by atoms with Crippen molar-refractivity contribution in [2.75, 3.05) is 0 Å². The molecule has 0 N–H and O–H groups in total. The lowest BCUT2D eigenvalue weighted by atomic mass is 10.1. The fraction of sp³-hybridized carbons (Fsp3) is 0.182. The lowest BCUT2D eigenvalue weighted by molar-refractivity contribution is -0.274. The fourth-order valence-corrected chi connectivity index (χ4v) is 1.49. The van der Waals surface area contributed by atoms with Crippen molar-refractivity contribution in [2.24, 2.45) is 0 Å². The molecule has 2 nitrogen and oxygen atoms in total. The second-order valence-electron chi connectivity index (χ2n) is 3.05. The van der Waals surface area contributed by atoms with Gasteiger partial charge in [-0.25, -0.2) is 0 Å². The van der Waals surface area contributed by atoms with E-state index < -0.39 is 17.9 Å². The zero-order valence-electron chi connectivity index (χ0n) is 8.72. The van der Waals surface area contributed by atoms with E-state index in [1.807, 2.05) is 0 Å². The molecule has 17 heavy (non-hydrogen) atoms. The molecule has 0 bridgehead atoms. The monoisotopic (exact) mass is 308 g/mol. The maximum atomic E-state index is 12.1. The highest BCUT2D eigenvalue weighted by Crippen LogP contribution is 2.29. The molecule has 0 aliphatic heterocycles. The number of rotatable bonds is 3. The predicted molar refractivity (Wildman–Crippen MR) is 60.0 cm³/mol. The molecule has 0 fully saturated rings. The Morgan fingerprint density at radius 2 is 2.06 bits per heavy atom. The van der Waals surface area contributed by atoms with E-state index in [0.717, 1.165) is 6.07 Å². The van der Waals surface area contributed by atoms with Crippen LogP contribution < -0.4 is 4.74 Å². The van der Waals surface area contributed by atoms with E-state index in [9.17, 15) is 18.0 Å².